The van der Waals surface area contributed by atoms with Crippen LogP contribution in [0.3, 0.4) is 0 Å². The minimum absolute atomic E-state index is 0.972. The second kappa shape index (κ2) is 3.23. The number of rotatable bonds is 0. The van der Waals surface area contributed by atoms with Crippen molar-refractivity contribution in [2.24, 2.45) is 0 Å². The van der Waals surface area contributed by atoms with Gasteiger partial charge in [0.15, 0.2) is 0 Å². The molecule has 0 radical (unpaired) electrons. The Morgan fingerprint density at radius 2 is 1.93 bits per heavy atom. The number of halogens is 1. The molecule has 1 nitrogen and oxygen atoms in total. The van der Waals surface area contributed by atoms with Crippen LogP contribution >= 0.6 is 22.6 Å². The molecule has 3 rings (SSSR count). The predicted molar refractivity (Wildman–Crippen MR) is 71.2 cm³/mol. The van der Waals surface area contributed by atoms with Gasteiger partial charge in [-0.2, -0.15) is 0 Å². The van der Waals surface area contributed by atoms with Crippen LogP contribution in [0.1, 0.15) is 5.56 Å². The van der Waals surface area contributed by atoms with E-state index in [0.717, 1.165) is 11.2 Å². The third-order valence-corrected chi connectivity index (χ3v) is 3.34. The van der Waals surface area contributed by atoms with E-state index in [1.54, 1.807) is 0 Å². The van der Waals surface area contributed by atoms with Crippen LogP contribution in [0.2, 0.25) is 0 Å². The van der Waals surface area contributed by atoms with Crippen LogP contribution < -0.4 is 0 Å². The summed E-state index contributed by atoms with van der Waals surface area (Å²) in [5, 5.41) is 2.46. The molecule has 0 saturated heterocycles. The molecule has 0 N–H and O–H groups in total. The van der Waals surface area contributed by atoms with Crippen molar-refractivity contribution in [2.75, 3.05) is 0 Å². The first kappa shape index (κ1) is 9.21. The van der Waals surface area contributed by atoms with Gasteiger partial charge in [-0.1, -0.05) is 12.1 Å². The molecule has 74 valence electrons. The van der Waals surface area contributed by atoms with Gasteiger partial charge in [0, 0.05) is 14.3 Å². The Labute approximate surface area is 101 Å². The summed E-state index contributed by atoms with van der Waals surface area (Å²) in [6.07, 6.45) is 0. The van der Waals surface area contributed by atoms with Crippen molar-refractivity contribution in [1.29, 1.82) is 0 Å². The van der Waals surface area contributed by atoms with Crippen molar-refractivity contribution in [2.45, 2.75) is 6.92 Å². The van der Waals surface area contributed by atoms with Gasteiger partial charge in [0.05, 0.1) is 0 Å². The topological polar surface area (TPSA) is 13.1 Å². The molecule has 0 aliphatic heterocycles. The van der Waals surface area contributed by atoms with E-state index in [4.69, 9.17) is 4.42 Å². The lowest BCUT2D eigenvalue weighted by Gasteiger charge is -1.94. The van der Waals surface area contributed by atoms with Crippen LogP contribution in [0.5, 0.6) is 0 Å². The van der Waals surface area contributed by atoms with E-state index in [-0.39, 0.29) is 0 Å². The average molecular weight is 308 g/mol. The third kappa shape index (κ3) is 1.35. The van der Waals surface area contributed by atoms with Gasteiger partial charge < -0.3 is 4.42 Å². The molecule has 0 unspecified atom stereocenters. The molecule has 3 aromatic rings. The Balaban J connectivity index is 2.61. The Bertz CT molecular complexity index is 652. The summed E-state index contributed by atoms with van der Waals surface area (Å²) in [5.41, 5.74) is 3.22. The van der Waals surface area contributed by atoms with E-state index in [2.05, 4.69) is 47.7 Å². The third-order valence-electron chi connectivity index (χ3n) is 2.67. The van der Waals surface area contributed by atoms with Crippen LogP contribution in [0, 0.1) is 10.5 Å². The van der Waals surface area contributed by atoms with Crippen LogP contribution in [-0.4, -0.2) is 0 Å². The first-order valence-corrected chi connectivity index (χ1v) is 5.91. The van der Waals surface area contributed by atoms with Crippen molar-refractivity contribution < 1.29 is 4.42 Å². The second-order valence-electron chi connectivity index (χ2n) is 3.69. The number of hydrogen-bond donors (Lipinski definition) is 0. The van der Waals surface area contributed by atoms with Gasteiger partial charge in [-0.25, -0.2) is 0 Å². The molecule has 1 heterocycles. The summed E-state index contributed by atoms with van der Waals surface area (Å²) in [6.45, 7) is 2.12. The monoisotopic (exact) mass is 308 g/mol. The Hall–Kier alpha value is -1.03. The molecule has 0 fully saturated rings. The summed E-state index contributed by atoms with van der Waals surface area (Å²) in [7, 11) is 0. The zero-order chi connectivity index (χ0) is 10.4. The minimum Gasteiger partial charge on any atom is -0.456 e. The largest absolute Gasteiger partial charge is 0.456 e. The Morgan fingerprint density at radius 1 is 1.07 bits per heavy atom. The average Bonchev–Trinajstić information content (AvgIpc) is 2.57. The summed E-state index contributed by atoms with van der Waals surface area (Å²) < 4.78 is 7.03. The van der Waals surface area contributed by atoms with Crippen molar-refractivity contribution >= 4 is 44.5 Å². The Morgan fingerprint density at radius 3 is 2.80 bits per heavy atom. The molecule has 15 heavy (non-hydrogen) atoms. The van der Waals surface area contributed by atoms with Crippen molar-refractivity contribution in [1.82, 2.24) is 0 Å². The molecule has 2 aromatic carbocycles. The fraction of sp³-hybridized carbons (Fsp3) is 0.0769. The van der Waals surface area contributed by atoms with Crippen molar-refractivity contribution in [3.05, 3.63) is 45.5 Å². The quantitative estimate of drug-likeness (QED) is 0.557. The lowest BCUT2D eigenvalue weighted by atomic mass is 10.1. The first-order chi connectivity index (χ1) is 7.25. The molecule has 0 aliphatic carbocycles. The highest BCUT2D eigenvalue weighted by atomic mass is 127. The molecule has 0 aliphatic rings. The maximum absolute atomic E-state index is 5.78. The molecular formula is C13H9IO. The smallest absolute Gasteiger partial charge is 0.135 e. The fourth-order valence-corrected chi connectivity index (χ4v) is 2.47. The summed E-state index contributed by atoms with van der Waals surface area (Å²) in [6, 6.07) is 12.5. The molecular weight excluding hydrogens is 299 g/mol. The lowest BCUT2D eigenvalue weighted by Crippen LogP contribution is -1.74. The second-order valence-corrected chi connectivity index (χ2v) is 4.94. The van der Waals surface area contributed by atoms with Crippen molar-refractivity contribution in [3.8, 4) is 0 Å². The molecule has 2 heteroatoms. The highest BCUT2D eigenvalue weighted by molar-refractivity contribution is 14.1. The molecule has 0 amide bonds. The SMILES string of the molecule is Cc1cccc2oc3ccc(I)cc3c12. The summed E-state index contributed by atoms with van der Waals surface area (Å²) in [5.74, 6) is 0. The van der Waals surface area contributed by atoms with Crippen LogP contribution in [0.4, 0.5) is 0 Å². The lowest BCUT2D eigenvalue weighted by molar-refractivity contribution is 0.669. The molecule has 0 spiro atoms. The fourth-order valence-electron chi connectivity index (χ4n) is 1.98. The van der Waals surface area contributed by atoms with Gasteiger partial charge in [0.25, 0.3) is 0 Å². The van der Waals surface area contributed by atoms with Gasteiger partial charge in [-0.05, 0) is 59.3 Å². The van der Waals surface area contributed by atoms with Crippen LogP contribution in [0.15, 0.2) is 40.8 Å². The maximum Gasteiger partial charge on any atom is 0.135 e. The first-order valence-electron chi connectivity index (χ1n) is 4.83. The molecule has 0 bridgehead atoms. The maximum atomic E-state index is 5.78. The van der Waals surface area contributed by atoms with E-state index in [1.165, 1.54) is 19.9 Å². The molecule has 0 atom stereocenters. The molecule has 1 aromatic heterocycles. The van der Waals surface area contributed by atoms with Crippen LogP contribution in [0.25, 0.3) is 21.9 Å². The molecule has 0 saturated carbocycles. The van der Waals surface area contributed by atoms with E-state index in [1.807, 2.05) is 18.2 Å². The predicted octanol–water partition coefficient (Wildman–Crippen LogP) is 4.50. The Kier molecular flexibility index (Phi) is 1.99. The van der Waals surface area contributed by atoms with Crippen molar-refractivity contribution in [3.63, 3.8) is 0 Å². The van der Waals surface area contributed by atoms with E-state index < -0.39 is 0 Å². The zero-order valence-corrected chi connectivity index (χ0v) is 10.4. The van der Waals surface area contributed by atoms with E-state index in [0.29, 0.717) is 0 Å². The van der Waals surface area contributed by atoms with E-state index >= 15 is 0 Å². The van der Waals surface area contributed by atoms with E-state index in [9.17, 15) is 0 Å². The van der Waals surface area contributed by atoms with Gasteiger partial charge in [-0.15, -0.1) is 0 Å². The van der Waals surface area contributed by atoms with Gasteiger partial charge >= 0.3 is 0 Å². The summed E-state index contributed by atoms with van der Waals surface area (Å²) >= 11 is 2.33. The number of furan rings is 1. The van der Waals surface area contributed by atoms with Gasteiger partial charge in [0.2, 0.25) is 0 Å². The summed E-state index contributed by atoms with van der Waals surface area (Å²) in [4.78, 5) is 0. The minimum atomic E-state index is 0.972. The normalized spacial score (nSPS) is 11.3. The number of fused-ring (bicyclic) bond motifs is 3. The van der Waals surface area contributed by atoms with Gasteiger partial charge in [0.1, 0.15) is 11.2 Å². The highest BCUT2D eigenvalue weighted by Gasteiger charge is 2.08. The number of aryl methyl sites for hydroxylation is 1. The number of hydrogen-bond acceptors (Lipinski definition) is 1. The number of benzene rings is 2. The standard InChI is InChI=1S/C13H9IO/c1-8-3-2-4-12-13(8)10-7-9(14)5-6-11(10)15-12/h2-7H,1H3. The highest BCUT2D eigenvalue weighted by Crippen LogP contribution is 2.31. The van der Waals surface area contributed by atoms with Crippen LogP contribution in [-0.2, 0) is 0 Å². The zero-order valence-electron chi connectivity index (χ0n) is 8.25. The van der Waals surface area contributed by atoms with Gasteiger partial charge in [-0.3, -0.25) is 0 Å².